The van der Waals surface area contributed by atoms with Crippen LogP contribution in [0.5, 0.6) is 0 Å². The van der Waals surface area contributed by atoms with Crippen LogP contribution in [0, 0.1) is 13.8 Å². The van der Waals surface area contributed by atoms with E-state index in [0.717, 1.165) is 16.8 Å². The number of amides is 1. The Hall–Kier alpha value is -2.93. The Morgan fingerprint density at radius 2 is 1.74 bits per heavy atom. The summed E-state index contributed by atoms with van der Waals surface area (Å²) in [6, 6.07) is 14.9. The molecule has 0 bridgehead atoms. The van der Waals surface area contributed by atoms with Gasteiger partial charge < -0.3 is 5.32 Å². The molecule has 0 saturated carbocycles. The van der Waals surface area contributed by atoms with Crippen molar-refractivity contribution in [2.75, 3.05) is 5.32 Å². The zero-order valence-electron chi connectivity index (χ0n) is 15.1. The Kier molecular flexibility index (Phi) is 4.11. The van der Waals surface area contributed by atoms with E-state index in [1.807, 2.05) is 50.2 Å². The Morgan fingerprint density at radius 3 is 2.44 bits per heavy atom. The normalized spacial score (nSPS) is 14.7. The Balaban J connectivity index is 1.80. The maximum atomic E-state index is 12.8. The molecule has 0 fully saturated rings. The van der Waals surface area contributed by atoms with Crippen molar-refractivity contribution in [3.63, 3.8) is 0 Å². The van der Waals surface area contributed by atoms with Crippen molar-refractivity contribution in [3.05, 3.63) is 76.5 Å². The van der Waals surface area contributed by atoms with Crippen molar-refractivity contribution in [1.82, 2.24) is 9.78 Å². The molecule has 6 nitrogen and oxygen atoms in total. The molecular weight excluding hydrogens is 362 g/mol. The van der Waals surface area contributed by atoms with Gasteiger partial charge in [-0.1, -0.05) is 35.9 Å². The topological polar surface area (TPSA) is 81.1 Å². The van der Waals surface area contributed by atoms with Crippen molar-refractivity contribution in [2.45, 2.75) is 25.4 Å². The van der Waals surface area contributed by atoms with Gasteiger partial charge in [-0.2, -0.15) is 5.10 Å². The number of aromatic nitrogens is 2. The van der Waals surface area contributed by atoms with Crippen LogP contribution in [0.2, 0.25) is 0 Å². The number of benzene rings is 2. The smallest absolute Gasteiger partial charge is 0.256 e. The second-order valence-corrected chi connectivity index (χ2v) is 8.89. The third-order valence-electron chi connectivity index (χ3n) is 4.68. The number of carbonyl (C=O) groups excluding carboxylic acids is 1. The van der Waals surface area contributed by atoms with Gasteiger partial charge in [0.2, 0.25) is 0 Å². The highest BCUT2D eigenvalue weighted by molar-refractivity contribution is 7.90. The highest BCUT2D eigenvalue weighted by atomic mass is 32.2. The molecule has 0 aliphatic carbocycles. The lowest BCUT2D eigenvalue weighted by Gasteiger charge is -2.13. The highest BCUT2D eigenvalue weighted by Gasteiger charge is 2.33. The number of para-hydroxylation sites is 1. The van der Waals surface area contributed by atoms with Crippen LogP contribution in [0.15, 0.2) is 48.5 Å². The van der Waals surface area contributed by atoms with E-state index in [1.165, 1.54) is 0 Å². The van der Waals surface area contributed by atoms with E-state index in [-0.39, 0.29) is 17.4 Å². The number of hydrogen-bond acceptors (Lipinski definition) is 4. The summed E-state index contributed by atoms with van der Waals surface area (Å²) in [5.41, 5.74) is 4.42. The van der Waals surface area contributed by atoms with Crippen molar-refractivity contribution < 1.29 is 13.2 Å². The molecule has 1 aromatic heterocycles. The van der Waals surface area contributed by atoms with Crippen molar-refractivity contribution in [2.24, 2.45) is 0 Å². The first-order valence-electron chi connectivity index (χ1n) is 8.59. The van der Waals surface area contributed by atoms with Crippen LogP contribution in [0.1, 0.15) is 32.7 Å². The van der Waals surface area contributed by atoms with Crippen LogP contribution in [0.25, 0.3) is 5.69 Å². The maximum absolute atomic E-state index is 12.8. The summed E-state index contributed by atoms with van der Waals surface area (Å²) >= 11 is 0. The van der Waals surface area contributed by atoms with Gasteiger partial charge in [0.25, 0.3) is 5.91 Å². The number of anilines is 1. The molecule has 0 spiro atoms. The monoisotopic (exact) mass is 381 g/mol. The minimum atomic E-state index is -3.23. The van der Waals surface area contributed by atoms with Crippen molar-refractivity contribution >= 4 is 21.6 Å². The van der Waals surface area contributed by atoms with Crippen LogP contribution in [0.3, 0.4) is 0 Å². The average Bonchev–Trinajstić information content (AvgIpc) is 3.08. The summed E-state index contributed by atoms with van der Waals surface area (Å²) in [7, 11) is -3.23. The fraction of sp³-hybridized carbons (Fsp3) is 0.200. The minimum Gasteiger partial charge on any atom is -0.306 e. The minimum absolute atomic E-state index is 0.103. The lowest BCUT2D eigenvalue weighted by molar-refractivity contribution is 0.102. The number of sulfone groups is 1. The molecule has 0 unspecified atom stereocenters. The third kappa shape index (κ3) is 3.26. The lowest BCUT2D eigenvalue weighted by Crippen LogP contribution is -2.17. The summed E-state index contributed by atoms with van der Waals surface area (Å²) in [5.74, 6) is -0.0884. The molecule has 7 heteroatoms. The van der Waals surface area contributed by atoms with E-state index in [0.29, 0.717) is 22.6 Å². The standard InChI is InChI=1S/C20H19N3O3S/c1-13-7-9-15(10-8-13)20(24)21-19-16-11-27(25,26)12-17(16)22-23(19)18-6-4-3-5-14(18)2/h3-10H,11-12H2,1-2H3,(H,21,24). The number of rotatable bonds is 3. The van der Waals surface area contributed by atoms with E-state index < -0.39 is 9.84 Å². The molecular formula is C20H19N3O3S. The number of nitrogens with one attached hydrogen (secondary N) is 1. The van der Waals surface area contributed by atoms with E-state index in [9.17, 15) is 13.2 Å². The van der Waals surface area contributed by atoms with Gasteiger partial charge in [0.15, 0.2) is 9.84 Å². The van der Waals surface area contributed by atoms with Gasteiger partial charge in [-0.3, -0.25) is 4.79 Å². The molecule has 0 atom stereocenters. The number of nitrogens with zero attached hydrogens (tertiary/aromatic N) is 2. The summed E-state index contributed by atoms with van der Waals surface area (Å²) in [6.07, 6.45) is 0. The summed E-state index contributed by atoms with van der Waals surface area (Å²) in [4.78, 5) is 12.8. The van der Waals surface area contributed by atoms with E-state index >= 15 is 0 Å². The summed E-state index contributed by atoms with van der Waals surface area (Å²) in [5, 5.41) is 7.39. The molecule has 2 aromatic carbocycles. The third-order valence-corrected chi connectivity index (χ3v) is 6.12. The molecule has 1 aliphatic rings. The lowest BCUT2D eigenvalue weighted by atomic mass is 10.1. The van der Waals surface area contributed by atoms with Gasteiger partial charge in [0.05, 0.1) is 22.9 Å². The molecule has 0 saturated heterocycles. The molecule has 27 heavy (non-hydrogen) atoms. The number of hydrogen-bond donors (Lipinski definition) is 1. The van der Waals surface area contributed by atoms with Gasteiger partial charge in [0.1, 0.15) is 5.82 Å². The highest BCUT2D eigenvalue weighted by Crippen LogP contribution is 2.33. The van der Waals surface area contributed by atoms with E-state index in [1.54, 1.807) is 16.8 Å². The Morgan fingerprint density at radius 1 is 1.04 bits per heavy atom. The van der Waals surface area contributed by atoms with Crippen LogP contribution < -0.4 is 5.32 Å². The van der Waals surface area contributed by atoms with Crippen LogP contribution >= 0.6 is 0 Å². The quantitative estimate of drug-likeness (QED) is 0.756. The molecule has 2 heterocycles. The predicted octanol–water partition coefficient (Wildman–Crippen LogP) is 3.17. The zero-order chi connectivity index (χ0) is 19.2. The number of fused-ring (bicyclic) bond motifs is 1. The van der Waals surface area contributed by atoms with Crippen LogP contribution in [-0.4, -0.2) is 24.1 Å². The van der Waals surface area contributed by atoms with E-state index in [4.69, 9.17) is 0 Å². The van der Waals surface area contributed by atoms with Gasteiger partial charge in [0, 0.05) is 11.1 Å². The number of aryl methyl sites for hydroxylation is 2. The largest absolute Gasteiger partial charge is 0.306 e. The second kappa shape index (κ2) is 6.35. The Bertz CT molecular complexity index is 1150. The van der Waals surface area contributed by atoms with Gasteiger partial charge in [-0.05, 0) is 37.6 Å². The summed E-state index contributed by atoms with van der Waals surface area (Å²) in [6.45, 7) is 3.90. The first-order valence-corrected chi connectivity index (χ1v) is 10.4. The van der Waals surface area contributed by atoms with E-state index in [2.05, 4.69) is 10.4 Å². The molecule has 1 amide bonds. The maximum Gasteiger partial charge on any atom is 0.256 e. The number of carbonyl (C=O) groups is 1. The predicted molar refractivity (Wildman–Crippen MR) is 104 cm³/mol. The van der Waals surface area contributed by atoms with Gasteiger partial charge >= 0.3 is 0 Å². The van der Waals surface area contributed by atoms with Crippen LogP contribution in [-0.2, 0) is 21.3 Å². The first kappa shape index (κ1) is 17.5. The molecule has 3 aromatic rings. The second-order valence-electron chi connectivity index (χ2n) is 6.82. The first-order chi connectivity index (χ1) is 12.8. The average molecular weight is 381 g/mol. The van der Waals surface area contributed by atoms with Gasteiger partial charge in [-0.15, -0.1) is 0 Å². The summed E-state index contributed by atoms with van der Waals surface area (Å²) < 4.78 is 25.7. The molecule has 4 rings (SSSR count). The van der Waals surface area contributed by atoms with Crippen molar-refractivity contribution in [1.29, 1.82) is 0 Å². The molecule has 1 N–H and O–H groups in total. The van der Waals surface area contributed by atoms with Crippen LogP contribution in [0.4, 0.5) is 5.82 Å². The van der Waals surface area contributed by atoms with Gasteiger partial charge in [-0.25, -0.2) is 13.1 Å². The SMILES string of the molecule is Cc1ccc(C(=O)Nc2c3c(nn2-c2ccccc2C)CS(=O)(=O)C3)cc1. The fourth-order valence-corrected chi connectivity index (χ4v) is 4.72. The fourth-order valence-electron chi connectivity index (χ4n) is 3.23. The Labute approximate surface area is 157 Å². The molecule has 138 valence electrons. The zero-order valence-corrected chi connectivity index (χ0v) is 15.9. The molecule has 0 radical (unpaired) electrons. The molecule has 1 aliphatic heterocycles. The van der Waals surface area contributed by atoms with Crippen molar-refractivity contribution in [3.8, 4) is 5.69 Å².